The van der Waals surface area contributed by atoms with Crippen molar-refractivity contribution >= 4 is 46.4 Å². The molecule has 0 bridgehead atoms. The highest BCUT2D eigenvalue weighted by Gasteiger charge is 2.63. The number of benzene rings is 1. The summed E-state index contributed by atoms with van der Waals surface area (Å²) in [4.78, 5) is 54.3. The van der Waals surface area contributed by atoms with Gasteiger partial charge in [0.15, 0.2) is 17.1 Å². The minimum atomic E-state index is -1.79. The van der Waals surface area contributed by atoms with E-state index >= 15 is 4.39 Å². The van der Waals surface area contributed by atoms with E-state index in [-0.39, 0.29) is 54.8 Å². The summed E-state index contributed by atoms with van der Waals surface area (Å²) in [6.45, 7) is 4.46. The van der Waals surface area contributed by atoms with Gasteiger partial charge in [-0.25, -0.2) is 18.9 Å². The predicted octanol–water partition coefficient (Wildman–Crippen LogP) is 0.846. The Hall–Kier alpha value is -3.82. The lowest BCUT2D eigenvalue weighted by molar-refractivity contribution is -0.153. The van der Waals surface area contributed by atoms with Gasteiger partial charge >= 0.3 is 12.1 Å². The number of carbonyl (C=O) groups is 4. The molecule has 1 aromatic carbocycles. The molecule has 1 aromatic heterocycles. The molecule has 6 rings (SSSR count). The van der Waals surface area contributed by atoms with Crippen molar-refractivity contribution in [2.75, 3.05) is 49.9 Å². The third-order valence-electron chi connectivity index (χ3n) is 7.88. The van der Waals surface area contributed by atoms with Crippen LogP contribution in [-0.4, -0.2) is 93.5 Å². The van der Waals surface area contributed by atoms with Gasteiger partial charge in [0.05, 0.1) is 55.2 Å². The van der Waals surface area contributed by atoms with Crippen LogP contribution in [0.2, 0.25) is 0 Å². The van der Waals surface area contributed by atoms with Crippen LogP contribution < -0.4 is 20.4 Å². The highest BCUT2D eigenvalue weighted by atomic mass is 19.1. The topological polar surface area (TPSA) is 162 Å². The lowest BCUT2D eigenvalue weighted by atomic mass is 9.66. The van der Waals surface area contributed by atoms with Crippen LogP contribution in [0.5, 0.6) is 0 Å². The third kappa shape index (κ3) is 3.83. The Balaban J connectivity index is 1.47. The zero-order valence-electron chi connectivity index (χ0n) is 22.0. The molecule has 3 fully saturated rings. The number of nitrogens with zero attached hydrogens (tertiary/aromatic N) is 3. The molecule has 5 amide bonds. The molecule has 14 nitrogen and oxygen atoms in total. The summed E-state index contributed by atoms with van der Waals surface area (Å²) in [6.07, 6.45) is -1.96. The number of hydrogen-bond donors (Lipinski definition) is 2. The van der Waals surface area contributed by atoms with Crippen LogP contribution in [0.1, 0.15) is 19.4 Å². The maximum absolute atomic E-state index is 16.3. The van der Waals surface area contributed by atoms with E-state index in [1.54, 1.807) is 24.8 Å². The van der Waals surface area contributed by atoms with E-state index in [0.717, 1.165) is 0 Å². The molecule has 5 heterocycles. The zero-order chi connectivity index (χ0) is 28.3. The quantitative estimate of drug-likeness (QED) is 0.380. The van der Waals surface area contributed by atoms with E-state index in [2.05, 4.69) is 15.8 Å². The average Bonchev–Trinajstić information content (AvgIpc) is 3.47. The molecule has 214 valence electrons. The number of cyclic esters (lactones) is 1. The van der Waals surface area contributed by atoms with E-state index in [0.29, 0.717) is 18.8 Å². The number of carbonyl (C=O) groups excluding carboxylic acids is 4. The summed E-state index contributed by atoms with van der Waals surface area (Å²) in [5.41, 5.74) is -1.52. The average molecular weight is 562 g/mol. The minimum Gasteiger partial charge on any atom is -0.447 e. The van der Waals surface area contributed by atoms with Crippen LogP contribution in [-0.2, 0) is 35.0 Å². The molecule has 2 N–H and O–H groups in total. The Bertz CT molecular complexity index is 1390. The predicted molar refractivity (Wildman–Crippen MR) is 133 cm³/mol. The number of imide groups is 2. The molecule has 40 heavy (non-hydrogen) atoms. The van der Waals surface area contributed by atoms with Gasteiger partial charge in [-0.1, -0.05) is 5.16 Å². The van der Waals surface area contributed by atoms with Crippen molar-refractivity contribution in [3.8, 4) is 0 Å². The van der Waals surface area contributed by atoms with Crippen molar-refractivity contribution in [1.29, 1.82) is 0 Å². The van der Waals surface area contributed by atoms with Gasteiger partial charge in [-0.3, -0.25) is 20.2 Å². The number of amides is 5. The fraction of sp³-hybridized carbons (Fsp3) is 0.560. The van der Waals surface area contributed by atoms with Crippen molar-refractivity contribution in [3.63, 3.8) is 0 Å². The van der Waals surface area contributed by atoms with Crippen LogP contribution >= 0.6 is 0 Å². The number of nitrogens with one attached hydrogen (secondary N) is 2. The van der Waals surface area contributed by atoms with Gasteiger partial charge in [0.25, 0.3) is 0 Å². The number of anilines is 2. The number of urea groups is 1. The Morgan fingerprint density at radius 1 is 1.18 bits per heavy atom. The molecule has 0 unspecified atom stereocenters. The number of aromatic nitrogens is 1. The van der Waals surface area contributed by atoms with Gasteiger partial charge in [0, 0.05) is 20.1 Å². The Kier molecular flexibility index (Phi) is 6.39. The summed E-state index contributed by atoms with van der Waals surface area (Å²) >= 11 is 0. The van der Waals surface area contributed by atoms with Crippen LogP contribution in [0.4, 0.5) is 25.5 Å². The molecule has 0 saturated carbocycles. The van der Waals surface area contributed by atoms with E-state index in [1.807, 2.05) is 0 Å². The molecule has 4 atom stereocenters. The normalized spacial score (nSPS) is 27.5. The lowest BCUT2D eigenvalue weighted by Gasteiger charge is -2.55. The number of rotatable bonds is 6. The first kappa shape index (κ1) is 26.4. The molecular weight excluding hydrogens is 533 g/mol. The number of ether oxygens (including phenoxy) is 4. The number of morpholine rings is 1. The van der Waals surface area contributed by atoms with Crippen molar-refractivity contribution in [2.45, 2.75) is 44.6 Å². The first-order chi connectivity index (χ1) is 19.2. The number of methoxy groups -OCH3 is 1. The highest BCUT2D eigenvalue weighted by molar-refractivity contribution is 6.20. The lowest BCUT2D eigenvalue weighted by Crippen LogP contribution is -2.75. The minimum absolute atomic E-state index is 0.0205. The van der Waals surface area contributed by atoms with Gasteiger partial charge < -0.3 is 28.4 Å². The summed E-state index contributed by atoms with van der Waals surface area (Å²) in [5, 5.41) is 8.58. The fourth-order valence-corrected chi connectivity index (χ4v) is 6.31. The van der Waals surface area contributed by atoms with Crippen molar-refractivity contribution in [1.82, 2.24) is 15.8 Å². The Labute approximate surface area is 227 Å². The van der Waals surface area contributed by atoms with Crippen LogP contribution in [0.3, 0.4) is 0 Å². The van der Waals surface area contributed by atoms with Crippen LogP contribution in [0, 0.1) is 11.2 Å². The second-order valence-electron chi connectivity index (χ2n) is 10.4. The van der Waals surface area contributed by atoms with E-state index < -0.39 is 53.4 Å². The molecule has 0 aliphatic carbocycles. The fourth-order valence-electron chi connectivity index (χ4n) is 6.31. The number of hydrogen-bond acceptors (Lipinski definition) is 11. The van der Waals surface area contributed by atoms with Gasteiger partial charge in [0.2, 0.25) is 17.4 Å². The van der Waals surface area contributed by atoms with Gasteiger partial charge in [-0.15, -0.1) is 0 Å². The summed E-state index contributed by atoms with van der Waals surface area (Å²) in [5.74, 6) is -2.32. The second-order valence-corrected chi connectivity index (χ2v) is 10.4. The van der Waals surface area contributed by atoms with Crippen molar-refractivity contribution in [2.24, 2.45) is 5.41 Å². The Morgan fingerprint density at radius 2 is 1.93 bits per heavy atom. The first-order valence-electron chi connectivity index (χ1n) is 12.9. The second kappa shape index (κ2) is 9.67. The Morgan fingerprint density at radius 3 is 2.65 bits per heavy atom. The van der Waals surface area contributed by atoms with E-state index in [4.69, 9.17) is 23.5 Å². The first-order valence-corrected chi connectivity index (χ1v) is 12.9. The number of barbiturate groups is 1. The van der Waals surface area contributed by atoms with Crippen LogP contribution in [0.15, 0.2) is 10.6 Å². The highest BCUT2D eigenvalue weighted by Crippen LogP contribution is 2.50. The molecule has 2 aromatic rings. The van der Waals surface area contributed by atoms with Crippen molar-refractivity contribution < 1.29 is 47.0 Å². The summed E-state index contributed by atoms with van der Waals surface area (Å²) < 4.78 is 43.5. The largest absolute Gasteiger partial charge is 0.447 e. The van der Waals surface area contributed by atoms with Gasteiger partial charge in [0.1, 0.15) is 6.61 Å². The smallest absolute Gasteiger partial charge is 0.416 e. The van der Waals surface area contributed by atoms with Crippen molar-refractivity contribution in [3.05, 3.63) is 17.4 Å². The monoisotopic (exact) mass is 561 g/mol. The summed E-state index contributed by atoms with van der Waals surface area (Å²) in [7, 11) is 1.54. The molecule has 1 spiro atoms. The SMILES string of the molecule is COCCOC[C@H]1COC(=O)N1c1noc2c(F)c3c(cc12)CC1(C(=O)NC(=O)NC1=O)[C@H]1[C@H](C)O[C@H](C)CN31. The maximum Gasteiger partial charge on any atom is 0.416 e. The molecule has 0 radical (unpaired) electrons. The summed E-state index contributed by atoms with van der Waals surface area (Å²) in [6, 6.07) is -0.839. The molecule has 4 aliphatic heterocycles. The molecule has 15 heteroatoms. The van der Waals surface area contributed by atoms with Crippen LogP contribution in [0.25, 0.3) is 11.0 Å². The molecule has 4 aliphatic rings. The van der Waals surface area contributed by atoms with E-state index in [1.165, 1.54) is 12.0 Å². The van der Waals surface area contributed by atoms with Gasteiger partial charge in [-0.05, 0) is 25.5 Å². The maximum atomic E-state index is 16.3. The molecular formula is C25H28FN5O9. The zero-order valence-corrected chi connectivity index (χ0v) is 22.0. The number of fused-ring (bicyclic) bond motifs is 5. The standard InChI is InChI=1S/C25H28FN5O9/c1-11-8-30-17-13(7-25(19(30)12(2)39-11)21(32)27-23(34)28-22(25)33)6-15-18(16(17)26)40-29-20(15)31-14(10-38-24(31)35)9-37-5-4-36-3/h6,11-12,14,19H,4-5,7-10H2,1-3H3,(H2,27,28,32,33,34)/t11-,12+,14+,19-/m1/s1. The van der Waals surface area contributed by atoms with Gasteiger partial charge in [-0.2, -0.15) is 0 Å². The molecule has 3 saturated heterocycles. The third-order valence-corrected chi connectivity index (χ3v) is 7.88. The van der Waals surface area contributed by atoms with E-state index in [9.17, 15) is 19.2 Å². The number of halogens is 1.